The molecule has 0 unspecified atom stereocenters. The maximum absolute atomic E-state index is 12.2. The van der Waals surface area contributed by atoms with Gasteiger partial charge in [0.2, 0.25) is 5.91 Å². The van der Waals surface area contributed by atoms with Gasteiger partial charge in [0.05, 0.1) is 6.20 Å². The van der Waals surface area contributed by atoms with E-state index in [0.717, 1.165) is 11.1 Å². The molecule has 0 radical (unpaired) electrons. The zero-order valence-electron chi connectivity index (χ0n) is 12.4. The normalized spacial score (nSPS) is 20.6. The molecule has 0 saturated heterocycles. The third kappa shape index (κ3) is 2.89. The summed E-state index contributed by atoms with van der Waals surface area (Å²) in [5.74, 6) is -0.632. The Bertz CT molecular complexity index is 826. The van der Waals surface area contributed by atoms with Crippen LogP contribution < -0.4 is 4.72 Å². The number of nitrogens with zero attached hydrogens (tertiary/aromatic N) is 2. The Morgan fingerprint density at radius 3 is 2.82 bits per heavy atom. The molecule has 7 heteroatoms. The molecule has 1 aliphatic rings. The average Bonchev–Trinajstić information content (AvgIpc) is 3.13. The molecule has 6 nitrogen and oxygen atoms in total. The summed E-state index contributed by atoms with van der Waals surface area (Å²) in [6, 6.07) is 7.95. The lowest BCUT2D eigenvalue weighted by molar-refractivity contribution is -0.120. The Labute approximate surface area is 129 Å². The number of aryl methyl sites for hydroxylation is 2. The molecule has 0 spiro atoms. The molecule has 2 aromatic rings. The Kier molecular flexibility index (Phi) is 3.52. The topological polar surface area (TPSA) is 81.1 Å². The molecule has 1 aliphatic carbocycles. The van der Waals surface area contributed by atoms with Crippen LogP contribution in [0.5, 0.6) is 0 Å². The standard InChI is InChI=1S/C15H17N3O3S/c1-10-4-3-5-11(6-10)13-7-14(13)15(19)17-22(20,21)12-8-16-18(2)9-12/h3-6,8-9,13-14H,7H2,1-2H3,(H,17,19)/t13-,14+/m1/s1. The molecule has 1 heterocycles. The molecule has 0 bridgehead atoms. The van der Waals surface area contributed by atoms with E-state index in [9.17, 15) is 13.2 Å². The van der Waals surface area contributed by atoms with Gasteiger partial charge in [-0.05, 0) is 24.8 Å². The molecule has 3 rings (SSSR count). The largest absolute Gasteiger partial charge is 0.274 e. The molecule has 1 saturated carbocycles. The van der Waals surface area contributed by atoms with Gasteiger partial charge in [0, 0.05) is 19.2 Å². The van der Waals surface area contributed by atoms with E-state index < -0.39 is 15.9 Å². The lowest BCUT2D eigenvalue weighted by atomic mass is 10.1. The van der Waals surface area contributed by atoms with Crippen LogP contribution in [-0.4, -0.2) is 24.1 Å². The number of hydrogen-bond donors (Lipinski definition) is 1. The minimum Gasteiger partial charge on any atom is -0.274 e. The van der Waals surface area contributed by atoms with Crippen molar-refractivity contribution in [2.45, 2.75) is 24.2 Å². The zero-order valence-corrected chi connectivity index (χ0v) is 13.2. The van der Waals surface area contributed by atoms with Gasteiger partial charge < -0.3 is 0 Å². The highest BCUT2D eigenvalue weighted by atomic mass is 32.2. The predicted molar refractivity (Wildman–Crippen MR) is 80.6 cm³/mol. The van der Waals surface area contributed by atoms with E-state index in [2.05, 4.69) is 9.82 Å². The van der Waals surface area contributed by atoms with Crippen LogP contribution in [0.1, 0.15) is 23.5 Å². The van der Waals surface area contributed by atoms with E-state index in [4.69, 9.17) is 0 Å². The highest BCUT2D eigenvalue weighted by Gasteiger charge is 2.45. The van der Waals surface area contributed by atoms with Crippen molar-refractivity contribution in [2.24, 2.45) is 13.0 Å². The average molecular weight is 319 g/mol. The van der Waals surface area contributed by atoms with Crippen LogP contribution in [0.4, 0.5) is 0 Å². The van der Waals surface area contributed by atoms with Crippen LogP contribution in [0.2, 0.25) is 0 Å². The van der Waals surface area contributed by atoms with E-state index in [0.29, 0.717) is 6.42 Å². The lowest BCUT2D eigenvalue weighted by Crippen LogP contribution is -2.31. The maximum atomic E-state index is 12.2. The molecule has 1 aromatic carbocycles. The van der Waals surface area contributed by atoms with Crippen LogP contribution in [0, 0.1) is 12.8 Å². The number of amides is 1. The Morgan fingerprint density at radius 2 is 2.18 bits per heavy atom. The monoisotopic (exact) mass is 319 g/mol. The first-order chi connectivity index (χ1) is 10.4. The fourth-order valence-electron chi connectivity index (χ4n) is 2.56. The second kappa shape index (κ2) is 5.24. The first-order valence-corrected chi connectivity index (χ1v) is 8.47. The van der Waals surface area contributed by atoms with Crippen LogP contribution in [-0.2, 0) is 21.9 Å². The molecule has 1 aromatic heterocycles. The number of nitrogens with one attached hydrogen (secondary N) is 1. The van der Waals surface area contributed by atoms with Crippen LogP contribution >= 0.6 is 0 Å². The zero-order chi connectivity index (χ0) is 15.9. The number of benzene rings is 1. The van der Waals surface area contributed by atoms with Gasteiger partial charge in [0.25, 0.3) is 10.0 Å². The third-order valence-electron chi connectivity index (χ3n) is 3.82. The minimum absolute atomic E-state index is 0.00361. The highest BCUT2D eigenvalue weighted by Crippen LogP contribution is 2.47. The van der Waals surface area contributed by atoms with Gasteiger partial charge in [-0.3, -0.25) is 9.48 Å². The van der Waals surface area contributed by atoms with Gasteiger partial charge in [0.15, 0.2) is 0 Å². The number of carbonyl (C=O) groups is 1. The molecule has 116 valence electrons. The summed E-state index contributed by atoms with van der Waals surface area (Å²) in [4.78, 5) is 12.1. The SMILES string of the molecule is Cc1cccc([C@H]2C[C@@H]2C(=O)NS(=O)(=O)c2cnn(C)c2)c1. The van der Waals surface area contributed by atoms with Gasteiger partial charge in [-0.15, -0.1) is 0 Å². The van der Waals surface area contributed by atoms with Gasteiger partial charge in [-0.2, -0.15) is 5.10 Å². The molecule has 1 N–H and O–H groups in total. The first kappa shape index (κ1) is 14.8. The smallest absolute Gasteiger partial charge is 0.267 e. The van der Waals surface area contributed by atoms with E-state index in [1.54, 1.807) is 7.05 Å². The number of carbonyl (C=O) groups excluding carboxylic acids is 1. The molecular formula is C15H17N3O3S. The Balaban J connectivity index is 1.69. The van der Waals surface area contributed by atoms with Gasteiger partial charge in [-0.1, -0.05) is 29.8 Å². The summed E-state index contributed by atoms with van der Waals surface area (Å²) < 4.78 is 27.7. The van der Waals surface area contributed by atoms with Crippen molar-refractivity contribution < 1.29 is 13.2 Å². The number of rotatable bonds is 4. The van der Waals surface area contributed by atoms with Crippen LogP contribution in [0.25, 0.3) is 0 Å². The van der Waals surface area contributed by atoms with Crippen LogP contribution in [0.15, 0.2) is 41.6 Å². The van der Waals surface area contributed by atoms with Crippen molar-refractivity contribution in [3.05, 3.63) is 47.8 Å². The van der Waals surface area contributed by atoms with E-state index >= 15 is 0 Å². The van der Waals surface area contributed by atoms with Crippen molar-refractivity contribution in [1.29, 1.82) is 0 Å². The Morgan fingerprint density at radius 1 is 1.41 bits per heavy atom. The van der Waals surface area contributed by atoms with E-state index in [1.165, 1.54) is 17.1 Å². The van der Waals surface area contributed by atoms with Gasteiger partial charge in [0.1, 0.15) is 4.90 Å². The summed E-state index contributed by atoms with van der Waals surface area (Å²) in [7, 11) is -2.22. The van der Waals surface area contributed by atoms with Crippen molar-refractivity contribution in [3.8, 4) is 0 Å². The van der Waals surface area contributed by atoms with E-state index in [1.807, 2.05) is 31.2 Å². The number of hydrogen-bond acceptors (Lipinski definition) is 4. The lowest BCUT2D eigenvalue weighted by Gasteiger charge is -2.05. The molecule has 1 amide bonds. The van der Waals surface area contributed by atoms with Crippen molar-refractivity contribution >= 4 is 15.9 Å². The van der Waals surface area contributed by atoms with Crippen LogP contribution in [0.3, 0.4) is 0 Å². The molecule has 1 fully saturated rings. The minimum atomic E-state index is -3.84. The summed E-state index contributed by atoms with van der Waals surface area (Å²) in [5.41, 5.74) is 2.21. The molecular weight excluding hydrogens is 302 g/mol. The fraction of sp³-hybridized carbons (Fsp3) is 0.333. The number of aromatic nitrogens is 2. The van der Waals surface area contributed by atoms with Gasteiger partial charge >= 0.3 is 0 Å². The summed E-state index contributed by atoms with van der Waals surface area (Å²) in [5, 5.41) is 3.81. The third-order valence-corrected chi connectivity index (χ3v) is 5.13. The van der Waals surface area contributed by atoms with Crippen molar-refractivity contribution in [3.63, 3.8) is 0 Å². The molecule has 0 aliphatic heterocycles. The summed E-state index contributed by atoms with van der Waals surface area (Å²) in [6.45, 7) is 1.99. The Hall–Kier alpha value is -2.15. The molecule has 2 atom stereocenters. The second-order valence-corrected chi connectivity index (χ2v) is 7.36. The first-order valence-electron chi connectivity index (χ1n) is 6.99. The number of sulfonamides is 1. The summed E-state index contributed by atoms with van der Waals surface area (Å²) in [6.07, 6.45) is 3.26. The second-order valence-electron chi connectivity index (χ2n) is 5.68. The molecule has 22 heavy (non-hydrogen) atoms. The fourth-order valence-corrected chi connectivity index (χ4v) is 3.57. The van der Waals surface area contributed by atoms with Crippen molar-refractivity contribution in [2.75, 3.05) is 0 Å². The van der Waals surface area contributed by atoms with E-state index in [-0.39, 0.29) is 16.7 Å². The van der Waals surface area contributed by atoms with Crippen molar-refractivity contribution in [1.82, 2.24) is 14.5 Å². The predicted octanol–water partition coefficient (Wildman–Crippen LogP) is 1.34. The summed E-state index contributed by atoms with van der Waals surface area (Å²) >= 11 is 0. The maximum Gasteiger partial charge on any atom is 0.267 e. The quantitative estimate of drug-likeness (QED) is 0.922. The van der Waals surface area contributed by atoms with Gasteiger partial charge in [-0.25, -0.2) is 13.1 Å². The highest BCUT2D eigenvalue weighted by molar-refractivity contribution is 7.90.